The summed E-state index contributed by atoms with van der Waals surface area (Å²) < 4.78 is 0. The third-order valence-electron chi connectivity index (χ3n) is 4.06. The molecular formula is C18H30N2. The largest absolute Gasteiger partial charge is 0.312 e. The lowest BCUT2D eigenvalue weighted by Crippen LogP contribution is -2.41. The molecule has 1 unspecified atom stereocenters. The van der Waals surface area contributed by atoms with Gasteiger partial charge in [-0.05, 0) is 57.2 Å². The topological polar surface area (TPSA) is 15.3 Å². The molecule has 0 saturated heterocycles. The zero-order valence-electron chi connectivity index (χ0n) is 13.6. The monoisotopic (exact) mass is 274 g/mol. The van der Waals surface area contributed by atoms with Crippen LogP contribution in [0.4, 0.5) is 0 Å². The summed E-state index contributed by atoms with van der Waals surface area (Å²) in [5.41, 5.74) is 3.33. The highest BCUT2D eigenvalue weighted by Gasteiger charge is 2.17. The number of fused-ring (bicyclic) bond motifs is 1. The van der Waals surface area contributed by atoms with Gasteiger partial charge in [-0.25, -0.2) is 0 Å². The van der Waals surface area contributed by atoms with Gasteiger partial charge < -0.3 is 10.2 Å². The number of rotatable bonds is 4. The number of nitrogens with zero attached hydrogens (tertiary/aromatic N) is 1. The lowest BCUT2D eigenvalue weighted by molar-refractivity contribution is 0.236. The first kappa shape index (κ1) is 15.5. The number of hydrogen-bond acceptors (Lipinski definition) is 2. The molecule has 1 aliphatic rings. The summed E-state index contributed by atoms with van der Waals surface area (Å²) >= 11 is 0. The van der Waals surface area contributed by atoms with Crippen LogP contribution < -0.4 is 5.32 Å². The van der Waals surface area contributed by atoms with E-state index in [1.54, 1.807) is 11.1 Å². The summed E-state index contributed by atoms with van der Waals surface area (Å²) in [5, 5.41) is 3.62. The van der Waals surface area contributed by atoms with Crippen molar-refractivity contribution in [3.05, 3.63) is 35.4 Å². The molecular weight excluding hydrogens is 244 g/mol. The third kappa shape index (κ3) is 4.92. The van der Waals surface area contributed by atoms with E-state index >= 15 is 0 Å². The molecule has 0 amide bonds. The van der Waals surface area contributed by atoms with Gasteiger partial charge in [0, 0.05) is 25.2 Å². The Balaban J connectivity index is 1.81. The van der Waals surface area contributed by atoms with Crippen LogP contribution in [0.3, 0.4) is 0 Å². The summed E-state index contributed by atoms with van der Waals surface area (Å²) in [4.78, 5) is 2.63. The van der Waals surface area contributed by atoms with Crippen LogP contribution in [0.25, 0.3) is 0 Å². The Hall–Kier alpha value is -0.860. The molecule has 0 bridgehead atoms. The summed E-state index contributed by atoms with van der Waals surface area (Å²) in [6.45, 7) is 13.8. The maximum atomic E-state index is 3.62. The maximum absolute atomic E-state index is 3.62. The van der Waals surface area contributed by atoms with Crippen LogP contribution in [-0.2, 0) is 12.8 Å². The van der Waals surface area contributed by atoms with Crippen LogP contribution in [-0.4, -0.2) is 36.6 Å². The molecule has 0 aliphatic carbocycles. The van der Waals surface area contributed by atoms with E-state index in [4.69, 9.17) is 0 Å². The van der Waals surface area contributed by atoms with Crippen molar-refractivity contribution in [1.82, 2.24) is 10.2 Å². The normalized spacial score (nSPS) is 18.4. The summed E-state index contributed by atoms with van der Waals surface area (Å²) in [6, 6.07) is 8.93. The lowest BCUT2D eigenvalue weighted by Gasteiger charge is -2.27. The van der Waals surface area contributed by atoms with E-state index in [0.29, 0.717) is 5.92 Å². The van der Waals surface area contributed by atoms with Crippen molar-refractivity contribution in [2.24, 2.45) is 5.92 Å². The van der Waals surface area contributed by atoms with Crippen LogP contribution >= 0.6 is 0 Å². The number of nitrogens with one attached hydrogen (secondary N) is 1. The van der Waals surface area contributed by atoms with Crippen molar-refractivity contribution >= 4 is 0 Å². The van der Waals surface area contributed by atoms with Gasteiger partial charge in [-0.2, -0.15) is 0 Å². The van der Waals surface area contributed by atoms with Crippen molar-refractivity contribution in [2.45, 2.75) is 46.1 Å². The molecule has 2 rings (SSSR count). The Kier molecular flexibility index (Phi) is 5.22. The third-order valence-corrected chi connectivity index (χ3v) is 4.06. The zero-order valence-corrected chi connectivity index (χ0v) is 13.6. The Labute approximate surface area is 124 Å². The van der Waals surface area contributed by atoms with Crippen molar-refractivity contribution < 1.29 is 0 Å². The molecule has 1 aromatic carbocycles. The van der Waals surface area contributed by atoms with Gasteiger partial charge >= 0.3 is 0 Å². The van der Waals surface area contributed by atoms with Crippen LogP contribution in [0, 0.1) is 5.92 Å². The van der Waals surface area contributed by atoms with Crippen LogP contribution in [0.15, 0.2) is 24.3 Å². The zero-order chi connectivity index (χ0) is 14.6. The van der Waals surface area contributed by atoms with Gasteiger partial charge in [-0.1, -0.05) is 31.2 Å². The highest BCUT2D eigenvalue weighted by Crippen LogP contribution is 2.16. The van der Waals surface area contributed by atoms with Crippen molar-refractivity contribution in [3.63, 3.8) is 0 Å². The van der Waals surface area contributed by atoms with Crippen LogP contribution in [0.5, 0.6) is 0 Å². The van der Waals surface area contributed by atoms with Crippen LogP contribution in [0.1, 0.15) is 38.8 Å². The molecule has 112 valence electrons. The average molecular weight is 274 g/mol. The number of hydrogen-bond donors (Lipinski definition) is 1. The van der Waals surface area contributed by atoms with E-state index in [1.807, 2.05) is 0 Å². The predicted octanol–water partition coefficient (Wildman–Crippen LogP) is 3.11. The molecule has 2 nitrogen and oxygen atoms in total. The highest BCUT2D eigenvalue weighted by atomic mass is 15.1. The standard InChI is InChI=1S/C18H30N2/c1-15(13-19-18(2,3)4)14-20-11-9-16-7-5-6-8-17(16)10-12-20/h5-8,15,19H,9-14H2,1-4H3. The van der Waals surface area contributed by atoms with Gasteiger partial charge in [0.15, 0.2) is 0 Å². The Bertz CT molecular complexity index is 393. The second-order valence-electron chi connectivity index (χ2n) is 7.31. The summed E-state index contributed by atoms with van der Waals surface area (Å²) in [5.74, 6) is 0.704. The van der Waals surface area contributed by atoms with Crippen molar-refractivity contribution in [1.29, 1.82) is 0 Å². The van der Waals surface area contributed by atoms with Gasteiger partial charge in [0.25, 0.3) is 0 Å². The highest BCUT2D eigenvalue weighted by molar-refractivity contribution is 5.28. The molecule has 0 fully saturated rings. The Morgan fingerprint density at radius 2 is 1.65 bits per heavy atom. The molecule has 0 radical (unpaired) electrons. The van der Waals surface area contributed by atoms with E-state index in [-0.39, 0.29) is 5.54 Å². The van der Waals surface area contributed by atoms with E-state index in [9.17, 15) is 0 Å². The van der Waals surface area contributed by atoms with Crippen molar-refractivity contribution in [2.75, 3.05) is 26.2 Å². The predicted molar refractivity (Wildman–Crippen MR) is 87.2 cm³/mol. The van der Waals surface area contributed by atoms with Gasteiger partial charge in [0.05, 0.1) is 0 Å². The molecule has 0 aromatic heterocycles. The second-order valence-corrected chi connectivity index (χ2v) is 7.31. The van der Waals surface area contributed by atoms with E-state index in [2.05, 4.69) is 62.2 Å². The van der Waals surface area contributed by atoms with Gasteiger partial charge in [0.2, 0.25) is 0 Å². The minimum atomic E-state index is 0.225. The SMILES string of the molecule is CC(CNC(C)(C)C)CN1CCc2ccccc2CC1. The lowest BCUT2D eigenvalue weighted by atomic mass is 10.0. The molecule has 1 atom stereocenters. The number of benzene rings is 1. The fourth-order valence-corrected chi connectivity index (χ4v) is 2.88. The second kappa shape index (κ2) is 6.73. The first-order valence-electron chi connectivity index (χ1n) is 7.98. The maximum Gasteiger partial charge on any atom is 0.00966 e. The molecule has 1 N–H and O–H groups in total. The van der Waals surface area contributed by atoms with Gasteiger partial charge in [0.1, 0.15) is 0 Å². The molecule has 1 aliphatic heterocycles. The molecule has 1 aromatic rings. The quantitative estimate of drug-likeness (QED) is 0.907. The summed E-state index contributed by atoms with van der Waals surface area (Å²) in [7, 11) is 0. The smallest absolute Gasteiger partial charge is 0.00966 e. The molecule has 2 heteroatoms. The Morgan fingerprint density at radius 3 is 2.15 bits per heavy atom. The molecule has 1 heterocycles. The summed E-state index contributed by atoms with van der Waals surface area (Å²) in [6.07, 6.45) is 2.41. The van der Waals surface area contributed by atoms with E-state index in [0.717, 1.165) is 6.54 Å². The minimum absolute atomic E-state index is 0.225. The first-order valence-corrected chi connectivity index (χ1v) is 7.98. The van der Waals surface area contributed by atoms with E-state index in [1.165, 1.54) is 32.5 Å². The Morgan fingerprint density at radius 1 is 1.10 bits per heavy atom. The molecule has 0 spiro atoms. The first-order chi connectivity index (χ1) is 9.44. The fraction of sp³-hybridized carbons (Fsp3) is 0.667. The average Bonchev–Trinajstić information content (AvgIpc) is 2.59. The minimum Gasteiger partial charge on any atom is -0.312 e. The van der Waals surface area contributed by atoms with Crippen LogP contribution in [0.2, 0.25) is 0 Å². The van der Waals surface area contributed by atoms with Gasteiger partial charge in [-0.15, -0.1) is 0 Å². The van der Waals surface area contributed by atoms with Crippen molar-refractivity contribution in [3.8, 4) is 0 Å². The fourth-order valence-electron chi connectivity index (χ4n) is 2.88. The molecule has 20 heavy (non-hydrogen) atoms. The van der Waals surface area contributed by atoms with Gasteiger partial charge in [-0.3, -0.25) is 0 Å². The molecule has 0 saturated carbocycles. The van der Waals surface area contributed by atoms with E-state index < -0.39 is 0 Å².